The number of Topliss-reactive ketones (excluding diaryl/α,β-unsaturated/α-hetero) is 2. The largest absolute Gasteiger partial charge is 0.494 e. The maximum absolute atomic E-state index is 11.8. The zero-order chi connectivity index (χ0) is 12.3. The molecule has 3 nitrogen and oxygen atoms in total. The second-order valence-corrected chi connectivity index (χ2v) is 4.30. The summed E-state index contributed by atoms with van der Waals surface area (Å²) in [6.45, 7) is 2.51. The standard InChI is InChI=1S/C14H16O3/c1-2-17-12-7-5-11(6-8-12)14(16)9-13(15)10-3-4-10/h5-8,10H,2-4,9H2,1H3. The fraction of sp³-hybridized carbons (Fsp3) is 0.429. The van der Waals surface area contributed by atoms with Gasteiger partial charge in [0, 0.05) is 11.5 Å². The first kappa shape index (κ1) is 11.8. The highest BCUT2D eigenvalue weighted by atomic mass is 16.5. The Hall–Kier alpha value is -1.64. The Labute approximate surface area is 101 Å². The lowest BCUT2D eigenvalue weighted by Gasteiger charge is -2.04. The molecular weight excluding hydrogens is 216 g/mol. The van der Waals surface area contributed by atoms with E-state index in [-0.39, 0.29) is 23.9 Å². The molecule has 0 spiro atoms. The van der Waals surface area contributed by atoms with Crippen LogP contribution in [0.25, 0.3) is 0 Å². The van der Waals surface area contributed by atoms with Crippen molar-refractivity contribution < 1.29 is 14.3 Å². The van der Waals surface area contributed by atoms with Crippen LogP contribution in [-0.4, -0.2) is 18.2 Å². The topological polar surface area (TPSA) is 43.4 Å². The highest BCUT2D eigenvalue weighted by Crippen LogP contribution is 2.31. The quantitative estimate of drug-likeness (QED) is 0.559. The van der Waals surface area contributed by atoms with Crippen molar-refractivity contribution >= 4 is 11.6 Å². The molecule has 1 aromatic carbocycles. The third kappa shape index (κ3) is 3.16. The zero-order valence-electron chi connectivity index (χ0n) is 9.94. The van der Waals surface area contributed by atoms with Gasteiger partial charge in [-0.25, -0.2) is 0 Å². The van der Waals surface area contributed by atoms with E-state index in [0.717, 1.165) is 18.6 Å². The number of hydrogen-bond donors (Lipinski definition) is 0. The summed E-state index contributed by atoms with van der Waals surface area (Å²) in [6, 6.07) is 6.96. The van der Waals surface area contributed by atoms with Gasteiger partial charge in [-0.05, 0) is 44.0 Å². The van der Waals surface area contributed by atoms with Gasteiger partial charge in [0.1, 0.15) is 11.5 Å². The van der Waals surface area contributed by atoms with Crippen LogP contribution in [-0.2, 0) is 4.79 Å². The average Bonchev–Trinajstić information content (AvgIpc) is 3.14. The molecule has 1 aliphatic rings. The van der Waals surface area contributed by atoms with Crippen molar-refractivity contribution in [1.29, 1.82) is 0 Å². The first-order chi connectivity index (χ1) is 8.20. The normalized spacial score (nSPS) is 14.4. The van der Waals surface area contributed by atoms with Crippen LogP contribution in [0.2, 0.25) is 0 Å². The molecule has 1 fully saturated rings. The first-order valence-corrected chi connectivity index (χ1v) is 5.99. The van der Waals surface area contributed by atoms with Gasteiger partial charge in [0.25, 0.3) is 0 Å². The third-order valence-corrected chi connectivity index (χ3v) is 2.85. The van der Waals surface area contributed by atoms with Gasteiger partial charge < -0.3 is 4.74 Å². The number of carbonyl (C=O) groups is 2. The fourth-order valence-corrected chi connectivity index (χ4v) is 1.71. The zero-order valence-corrected chi connectivity index (χ0v) is 9.94. The second-order valence-electron chi connectivity index (χ2n) is 4.30. The lowest BCUT2D eigenvalue weighted by molar-refractivity contribution is -0.119. The highest BCUT2D eigenvalue weighted by molar-refractivity contribution is 6.09. The van der Waals surface area contributed by atoms with Crippen molar-refractivity contribution in [2.45, 2.75) is 26.2 Å². The minimum atomic E-state index is -0.0926. The molecule has 0 unspecified atom stereocenters. The molecule has 0 radical (unpaired) electrons. The molecule has 0 aliphatic heterocycles. The van der Waals surface area contributed by atoms with Gasteiger partial charge in [-0.1, -0.05) is 0 Å². The van der Waals surface area contributed by atoms with Crippen LogP contribution in [0.3, 0.4) is 0 Å². The van der Waals surface area contributed by atoms with Crippen LogP contribution in [0.15, 0.2) is 24.3 Å². The Bertz CT molecular complexity index is 416. The van der Waals surface area contributed by atoms with Gasteiger partial charge in [-0.2, -0.15) is 0 Å². The lowest BCUT2D eigenvalue weighted by Crippen LogP contribution is -2.09. The maximum atomic E-state index is 11.8. The molecule has 0 atom stereocenters. The van der Waals surface area contributed by atoms with Crippen molar-refractivity contribution in [3.8, 4) is 5.75 Å². The summed E-state index contributed by atoms with van der Waals surface area (Å²) < 4.78 is 5.29. The highest BCUT2D eigenvalue weighted by Gasteiger charge is 2.30. The molecular formula is C14H16O3. The summed E-state index contributed by atoms with van der Waals surface area (Å²) in [4.78, 5) is 23.3. The van der Waals surface area contributed by atoms with E-state index in [1.165, 1.54) is 0 Å². The van der Waals surface area contributed by atoms with Gasteiger partial charge in [0.15, 0.2) is 5.78 Å². The number of benzene rings is 1. The van der Waals surface area contributed by atoms with Crippen molar-refractivity contribution in [1.82, 2.24) is 0 Å². The molecule has 1 aromatic rings. The van der Waals surface area contributed by atoms with Gasteiger partial charge in [-0.15, -0.1) is 0 Å². The first-order valence-electron chi connectivity index (χ1n) is 5.99. The summed E-state index contributed by atoms with van der Waals surface area (Å²) in [6.07, 6.45) is 1.95. The van der Waals surface area contributed by atoms with Crippen molar-refractivity contribution in [2.75, 3.05) is 6.61 Å². The van der Waals surface area contributed by atoms with Crippen molar-refractivity contribution in [3.63, 3.8) is 0 Å². The molecule has 2 rings (SSSR count). The van der Waals surface area contributed by atoms with Crippen LogP contribution < -0.4 is 4.74 Å². The number of ether oxygens (including phenoxy) is 1. The fourth-order valence-electron chi connectivity index (χ4n) is 1.71. The average molecular weight is 232 g/mol. The van der Waals surface area contributed by atoms with Gasteiger partial charge in [-0.3, -0.25) is 9.59 Å². The maximum Gasteiger partial charge on any atom is 0.170 e. The van der Waals surface area contributed by atoms with Gasteiger partial charge in [0.05, 0.1) is 13.0 Å². The van der Waals surface area contributed by atoms with Crippen molar-refractivity contribution in [3.05, 3.63) is 29.8 Å². The smallest absolute Gasteiger partial charge is 0.170 e. The molecule has 0 heterocycles. The lowest BCUT2D eigenvalue weighted by atomic mass is 10.0. The molecule has 90 valence electrons. The minimum absolute atomic E-state index is 0.0403. The van der Waals surface area contributed by atoms with Crippen LogP contribution in [0, 0.1) is 5.92 Å². The van der Waals surface area contributed by atoms with Crippen molar-refractivity contribution in [2.24, 2.45) is 5.92 Å². The van der Waals surface area contributed by atoms with E-state index in [0.29, 0.717) is 12.2 Å². The molecule has 0 bridgehead atoms. The Morgan fingerprint density at radius 1 is 1.24 bits per heavy atom. The molecule has 0 aromatic heterocycles. The molecule has 0 saturated heterocycles. The Kier molecular flexibility index (Phi) is 3.57. The molecule has 0 N–H and O–H groups in total. The molecule has 17 heavy (non-hydrogen) atoms. The van der Waals surface area contributed by atoms with E-state index in [4.69, 9.17) is 4.74 Å². The van der Waals surface area contributed by atoms with E-state index >= 15 is 0 Å². The van der Waals surface area contributed by atoms with E-state index in [1.807, 2.05) is 6.92 Å². The van der Waals surface area contributed by atoms with Crippen LogP contribution in [0.5, 0.6) is 5.75 Å². The number of carbonyl (C=O) groups excluding carboxylic acids is 2. The minimum Gasteiger partial charge on any atom is -0.494 e. The number of rotatable bonds is 6. The molecule has 1 aliphatic carbocycles. The predicted octanol–water partition coefficient (Wildman–Crippen LogP) is 2.64. The Balaban J connectivity index is 1.96. The summed E-state index contributed by atoms with van der Waals surface area (Å²) >= 11 is 0. The summed E-state index contributed by atoms with van der Waals surface area (Å²) in [7, 11) is 0. The van der Waals surface area contributed by atoms with E-state index in [9.17, 15) is 9.59 Å². The Morgan fingerprint density at radius 2 is 1.88 bits per heavy atom. The van der Waals surface area contributed by atoms with Crippen LogP contribution in [0.4, 0.5) is 0 Å². The van der Waals surface area contributed by atoms with Crippen LogP contribution >= 0.6 is 0 Å². The van der Waals surface area contributed by atoms with E-state index in [2.05, 4.69) is 0 Å². The van der Waals surface area contributed by atoms with Gasteiger partial charge >= 0.3 is 0 Å². The molecule has 1 saturated carbocycles. The number of hydrogen-bond acceptors (Lipinski definition) is 3. The molecule has 0 amide bonds. The second kappa shape index (κ2) is 5.13. The monoisotopic (exact) mass is 232 g/mol. The number of ketones is 2. The summed E-state index contributed by atoms with van der Waals surface area (Å²) in [5.41, 5.74) is 0.586. The van der Waals surface area contributed by atoms with Gasteiger partial charge in [0.2, 0.25) is 0 Å². The van der Waals surface area contributed by atoms with Crippen LogP contribution in [0.1, 0.15) is 36.5 Å². The molecule has 3 heteroatoms. The summed E-state index contributed by atoms with van der Waals surface area (Å²) in [5, 5.41) is 0. The Morgan fingerprint density at radius 3 is 2.41 bits per heavy atom. The predicted molar refractivity (Wildman–Crippen MR) is 64.3 cm³/mol. The van der Waals surface area contributed by atoms with E-state index in [1.54, 1.807) is 24.3 Å². The third-order valence-electron chi connectivity index (χ3n) is 2.85. The van der Waals surface area contributed by atoms with E-state index < -0.39 is 0 Å². The summed E-state index contributed by atoms with van der Waals surface area (Å²) in [5.74, 6) is 0.896. The SMILES string of the molecule is CCOc1ccc(C(=O)CC(=O)C2CC2)cc1.